The summed E-state index contributed by atoms with van der Waals surface area (Å²) >= 11 is 0. The summed E-state index contributed by atoms with van der Waals surface area (Å²) in [6, 6.07) is 0. The average molecular weight is 469 g/mol. The molecule has 1 saturated heterocycles. The third-order valence-corrected chi connectivity index (χ3v) is 10.1. The van der Waals surface area contributed by atoms with Crippen LogP contribution >= 0.6 is 0 Å². The summed E-state index contributed by atoms with van der Waals surface area (Å²) in [4.78, 5) is 24.9. The molecule has 0 aromatic rings. The normalized spacial score (nSPS) is 30.2. The van der Waals surface area contributed by atoms with Gasteiger partial charge in [0, 0.05) is 12.8 Å². The Morgan fingerprint density at radius 1 is 0.559 bits per heavy atom. The Bertz CT molecular complexity index is 634. The monoisotopic (exact) mass is 469 g/mol. The van der Waals surface area contributed by atoms with Gasteiger partial charge in [0.25, 0.3) is 0 Å². The molecule has 3 rings (SSSR count). The van der Waals surface area contributed by atoms with Gasteiger partial charge in [-0.3, -0.25) is 14.9 Å². The number of imide groups is 1. The maximum atomic E-state index is 12.7. The third kappa shape index (κ3) is 8.74. The molecular weight excluding hydrogens is 416 g/mol. The van der Waals surface area contributed by atoms with Crippen molar-refractivity contribution < 1.29 is 9.59 Å². The van der Waals surface area contributed by atoms with Gasteiger partial charge in [0.05, 0.1) is 14.3 Å². The minimum absolute atomic E-state index is 0.0266. The van der Waals surface area contributed by atoms with Crippen LogP contribution in [0.3, 0.4) is 0 Å². The molecule has 1 unspecified atom stereocenters. The molecule has 1 heterocycles. The third-order valence-electron chi connectivity index (χ3n) is 10.1. The molecule has 0 radical (unpaired) electrons. The fourth-order valence-electron chi connectivity index (χ4n) is 7.27. The van der Waals surface area contributed by atoms with E-state index in [1.54, 1.807) is 0 Å². The SMILES string of the molecule is CC1(BBC2(C3(C)CCCCCCCCCCCC3)CC2)CCCCCCCC(=O)NC(=O)C1. The van der Waals surface area contributed by atoms with Crippen molar-refractivity contribution in [3.63, 3.8) is 0 Å². The van der Waals surface area contributed by atoms with E-state index in [-0.39, 0.29) is 17.1 Å². The van der Waals surface area contributed by atoms with Crippen molar-refractivity contribution in [2.45, 2.75) is 166 Å². The van der Waals surface area contributed by atoms with E-state index in [2.05, 4.69) is 19.2 Å². The van der Waals surface area contributed by atoms with Crippen molar-refractivity contribution in [1.29, 1.82) is 0 Å². The lowest BCUT2D eigenvalue weighted by Crippen LogP contribution is -2.38. The Hall–Kier alpha value is -0.730. The predicted molar refractivity (Wildman–Crippen MR) is 148 cm³/mol. The van der Waals surface area contributed by atoms with Crippen LogP contribution in [0.5, 0.6) is 0 Å². The summed E-state index contributed by atoms with van der Waals surface area (Å²) in [7, 11) is 2.42. The first-order valence-electron chi connectivity index (χ1n) is 15.2. The number of carbonyl (C=O) groups is 2. The quantitative estimate of drug-likeness (QED) is 0.345. The first-order valence-corrected chi connectivity index (χ1v) is 15.2. The zero-order valence-corrected chi connectivity index (χ0v) is 22.8. The van der Waals surface area contributed by atoms with Crippen molar-refractivity contribution in [1.82, 2.24) is 5.32 Å². The van der Waals surface area contributed by atoms with Gasteiger partial charge in [-0.2, -0.15) is 0 Å². The van der Waals surface area contributed by atoms with Gasteiger partial charge in [-0.05, 0) is 24.7 Å². The van der Waals surface area contributed by atoms with Gasteiger partial charge in [-0.25, -0.2) is 0 Å². The van der Waals surface area contributed by atoms with E-state index in [1.807, 2.05) is 0 Å². The predicted octanol–water partition coefficient (Wildman–Crippen LogP) is 7.38. The second-order valence-electron chi connectivity index (χ2n) is 13.1. The van der Waals surface area contributed by atoms with E-state index >= 15 is 0 Å². The Balaban J connectivity index is 1.63. The van der Waals surface area contributed by atoms with Gasteiger partial charge in [-0.1, -0.05) is 134 Å². The molecule has 1 aliphatic heterocycles. The van der Waals surface area contributed by atoms with Crippen molar-refractivity contribution in [2.24, 2.45) is 5.41 Å². The Morgan fingerprint density at radius 3 is 1.56 bits per heavy atom. The van der Waals surface area contributed by atoms with Crippen LogP contribution in [0.4, 0.5) is 0 Å². The first kappa shape index (κ1) is 27.9. The molecule has 2 saturated carbocycles. The lowest BCUT2D eigenvalue weighted by atomic mass is 9.20. The van der Waals surface area contributed by atoms with Crippen LogP contribution in [0, 0.1) is 5.41 Å². The molecule has 1 N–H and O–H groups in total. The molecule has 5 heteroatoms. The highest BCUT2D eigenvalue weighted by molar-refractivity contribution is 7.04. The fraction of sp³-hybridized carbons (Fsp3) is 0.931. The number of nitrogens with one attached hydrogen (secondary N) is 1. The number of carbonyl (C=O) groups excluding carboxylic acids is 2. The Kier molecular flexibility index (Phi) is 11.1. The van der Waals surface area contributed by atoms with Crippen LogP contribution < -0.4 is 5.32 Å². The van der Waals surface area contributed by atoms with Crippen LogP contribution in [-0.2, 0) is 9.59 Å². The van der Waals surface area contributed by atoms with Crippen LogP contribution in [-0.4, -0.2) is 26.2 Å². The van der Waals surface area contributed by atoms with Gasteiger partial charge >= 0.3 is 0 Å². The van der Waals surface area contributed by atoms with E-state index in [0.29, 0.717) is 23.6 Å². The number of rotatable bonds is 4. The molecule has 3 aliphatic rings. The van der Waals surface area contributed by atoms with Gasteiger partial charge in [0.15, 0.2) is 0 Å². The highest BCUT2D eigenvalue weighted by Gasteiger charge is 2.55. The molecule has 0 spiro atoms. The summed E-state index contributed by atoms with van der Waals surface area (Å²) in [5.41, 5.74) is 0.473. The molecule has 3 fully saturated rings. The summed E-state index contributed by atoms with van der Waals surface area (Å²) < 4.78 is 0. The minimum atomic E-state index is -0.0666. The Morgan fingerprint density at radius 2 is 1.03 bits per heavy atom. The van der Waals surface area contributed by atoms with Crippen LogP contribution in [0.2, 0.25) is 10.6 Å². The van der Waals surface area contributed by atoms with Gasteiger partial charge in [0.1, 0.15) is 0 Å². The zero-order valence-electron chi connectivity index (χ0n) is 22.8. The second-order valence-corrected chi connectivity index (χ2v) is 13.1. The highest BCUT2D eigenvalue weighted by atomic mass is 16.2. The zero-order chi connectivity index (χ0) is 24.3. The first-order chi connectivity index (χ1) is 16.4. The van der Waals surface area contributed by atoms with Gasteiger partial charge < -0.3 is 0 Å². The minimum Gasteiger partial charge on any atom is -0.296 e. The molecule has 0 bridgehead atoms. The maximum absolute atomic E-state index is 12.7. The molecule has 2 aliphatic carbocycles. The lowest BCUT2D eigenvalue weighted by molar-refractivity contribution is -0.130. The van der Waals surface area contributed by atoms with Crippen LogP contribution in [0.1, 0.15) is 155 Å². The van der Waals surface area contributed by atoms with Gasteiger partial charge in [-0.15, -0.1) is 0 Å². The number of hydrogen-bond donors (Lipinski definition) is 1. The van der Waals surface area contributed by atoms with E-state index in [1.165, 1.54) is 116 Å². The number of hydrogen-bond acceptors (Lipinski definition) is 2. The summed E-state index contributed by atoms with van der Waals surface area (Å²) in [6.45, 7) is 4.97. The average Bonchev–Trinajstić information content (AvgIpc) is 3.58. The largest absolute Gasteiger partial charge is 0.296 e. The van der Waals surface area contributed by atoms with Crippen LogP contribution in [0.15, 0.2) is 0 Å². The molecular formula is C29H53B2NO2. The highest BCUT2D eigenvalue weighted by Crippen LogP contribution is 2.68. The molecule has 3 nitrogen and oxygen atoms in total. The Labute approximate surface area is 212 Å². The topological polar surface area (TPSA) is 46.2 Å². The lowest BCUT2D eigenvalue weighted by Gasteiger charge is -2.41. The van der Waals surface area contributed by atoms with Crippen molar-refractivity contribution in [2.75, 3.05) is 0 Å². The fourth-order valence-corrected chi connectivity index (χ4v) is 7.27. The van der Waals surface area contributed by atoms with Crippen LogP contribution in [0.25, 0.3) is 0 Å². The van der Waals surface area contributed by atoms with E-state index in [9.17, 15) is 9.59 Å². The van der Waals surface area contributed by atoms with Crippen molar-refractivity contribution >= 4 is 26.2 Å². The van der Waals surface area contributed by atoms with Gasteiger partial charge in [0.2, 0.25) is 11.8 Å². The maximum Gasteiger partial charge on any atom is 0.226 e. The van der Waals surface area contributed by atoms with E-state index < -0.39 is 0 Å². The van der Waals surface area contributed by atoms with E-state index in [0.717, 1.165) is 26.4 Å². The van der Waals surface area contributed by atoms with Crippen molar-refractivity contribution in [3.05, 3.63) is 0 Å². The van der Waals surface area contributed by atoms with Crippen molar-refractivity contribution in [3.8, 4) is 0 Å². The smallest absolute Gasteiger partial charge is 0.226 e. The molecule has 2 amide bonds. The summed E-state index contributed by atoms with van der Waals surface area (Å²) in [5, 5.41) is 3.24. The second kappa shape index (κ2) is 13.5. The molecule has 34 heavy (non-hydrogen) atoms. The molecule has 0 aromatic carbocycles. The number of amides is 2. The molecule has 192 valence electrons. The molecule has 0 aromatic heterocycles. The summed E-state index contributed by atoms with van der Waals surface area (Å²) in [5.74, 6) is -0.102. The standard InChI is InChI=1S/C29H53B2NO2/c1-27(19-15-11-7-5-3-4-6-8-12-16-20-27)29(22-23-29)31-30-28(2)21-17-13-9-10-14-18-25(33)32-26(34)24-28/h30-31H,3-24H2,1-2H3,(H,32,33,34). The van der Waals surface area contributed by atoms with E-state index in [4.69, 9.17) is 0 Å². The molecule has 1 atom stereocenters. The summed E-state index contributed by atoms with van der Waals surface area (Å²) in [6.07, 6.45) is 27.7.